The van der Waals surface area contributed by atoms with Crippen LogP contribution in [0.5, 0.6) is 11.5 Å². The van der Waals surface area contributed by atoms with E-state index in [4.69, 9.17) is 9.47 Å². The first kappa shape index (κ1) is 22.9. The lowest BCUT2D eigenvalue weighted by Gasteiger charge is -2.06. The summed E-state index contributed by atoms with van der Waals surface area (Å²) in [6.45, 7) is 2.87. The van der Waals surface area contributed by atoms with Crippen molar-refractivity contribution in [3.63, 3.8) is 0 Å². The highest BCUT2D eigenvalue weighted by Gasteiger charge is 2.02. The molecule has 156 valence electrons. The van der Waals surface area contributed by atoms with Crippen LogP contribution in [0.2, 0.25) is 0 Å². The summed E-state index contributed by atoms with van der Waals surface area (Å²) in [6, 6.07) is 15.0. The van der Waals surface area contributed by atoms with Crippen molar-refractivity contribution in [2.45, 2.75) is 45.4 Å². The summed E-state index contributed by atoms with van der Waals surface area (Å²) in [6.07, 6.45) is 9.09. The molecule has 2 aromatic rings. The molecule has 2 rings (SSSR count). The molecular weight excluding hydrogens is 432 g/mol. The van der Waals surface area contributed by atoms with Gasteiger partial charge in [-0.1, -0.05) is 61.0 Å². The quantitative estimate of drug-likeness (QED) is 0.236. The number of nitrogens with one attached hydrogen (secondary N) is 1. The van der Waals surface area contributed by atoms with Gasteiger partial charge in [-0.3, -0.25) is 4.79 Å². The monoisotopic (exact) mass is 460 g/mol. The van der Waals surface area contributed by atoms with E-state index < -0.39 is 0 Å². The van der Waals surface area contributed by atoms with Gasteiger partial charge in [-0.2, -0.15) is 5.10 Å². The van der Waals surface area contributed by atoms with Gasteiger partial charge in [-0.15, -0.1) is 0 Å². The first-order valence-electron chi connectivity index (χ1n) is 10.1. The van der Waals surface area contributed by atoms with Crippen LogP contribution < -0.4 is 14.9 Å². The average Bonchev–Trinajstić information content (AvgIpc) is 2.73. The summed E-state index contributed by atoms with van der Waals surface area (Å²) in [5, 5.41) is 3.96. The molecule has 0 unspecified atom stereocenters. The molecule has 0 atom stereocenters. The van der Waals surface area contributed by atoms with Gasteiger partial charge in [0.15, 0.2) is 6.61 Å². The molecule has 0 aliphatic rings. The Morgan fingerprint density at radius 1 is 1.00 bits per heavy atom. The molecule has 0 bridgehead atoms. The lowest BCUT2D eigenvalue weighted by molar-refractivity contribution is -0.123. The maximum absolute atomic E-state index is 11.8. The zero-order valence-corrected chi connectivity index (χ0v) is 18.5. The summed E-state index contributed by atoms with van der Waals surface area (Å²) in [7, 11) is 0. The van der Waals surface area contributed by atoms with Gasteiger partial charge in [-0.25, -0.2) is 5.43 Å². The number of ether oxygens (including phenoxy) is 2. The molecule has 29 heavy (non-hydrogen) atoms. The number of hydrogen-bond acceptors (Lipinski definition) is 4. The maximum Gasteiger partial charge on any atom is 0.277 e. The fourth-order valence-corrected chi connectivity index (χ4v) is 3.02. The summed E-state index contributed by atoms with van der Waals surface area (Å²) >= 11 is 3.36. The van der Waals surface area contributed by atoms with E-state index in [0.717, 1.165) is 28.8 Å². The predicted octanol–water partition coefficient (Wildman–Crippen LogP) is 5.72. The van der Waals surface area contributed by atoms with Crippen LogP contribution in [0.25, 0.3) is 0 Å². The molecule has 0 saturated heterocycles. The van der Waals surface area contributed by atoms with Gasteiger partial charge in [0.2, 0.25) is 0 Å². The smallest absolute Gasteiger partial charge is 0.277 e. The molecule has 2 aromatic carbocycles. The third-order valence-electron chi connectivity index (χ3n) is 4.22. The van der Waals surface area contributed by atoms with Crippen molar-refractivity contribution in [1.82, 2.24) is 5.43 Å². The lowest BCUT2D eigenvalue weighted by Crippen LogP contribution is -2.24. The van der Waals surface area contributed by atoms with E-state index in [9.17, 15) is 4.79 Å². The molecule has 0 heterocycles. The second-order valence-electron chi connectivity index (χ2n) is 6.72. The largest absolute Gasteiger partial charge is 0.494 e. The lowest BCUT2D eigenvalue weighted by atomic mass is 10.1. The molecule has 6 heteroatoms. The Labute approximate surface area is 181 Å². The number of amides is 1. The molecule has 0 saturated carbocycles. The maximum atomic E-state index is 11.8. The highest BCUT2D eigenvalue weighted by atomic mass is 79.9. The molecule has 0 radical (unpaired) electrons. The predicted molar refractivity (Wildman–Crippen MR) is 121 cm³/mol. The van der Waals surface area contributed by atoms with Gasteiger partial charge >= 0.3 is 0 Å². The van der Waals surface area contributed by atoms with Crippen LogP contribution >= 0.6 is 15.9 Å². The Hall–Kier alpha value is -2.34. The van der Waals surface area contributed by atoms with Crippen LogP contribution in [-0.4, -0.2) is 25.3 Å². The third kappa shape index (κ3) is 10.1. The molecule has 0 aliphatic carbocycles. The third-order valence-corrected chi connectivity index (χ3v) is 4.71. The number of benzene rings is 2. The van der Waals surface area contributed by atoms with Gasteiger partial charge in [0.05, 0.1) is 12.8 Å². The molecule has 0 aromatic heterocycles. The number of hydrazone groups is 1. The van der Waals surface area contributed by atoms with E-state index in [1.807, 2.05) is 36.4 Å². The van der Waals surface area contributed by atoms with Crippen molar-refractivity contribution in [2.75, 3.05) is 13.2 Å². The molecular formula is C23H29BrN2O3. The van der Waals surface area contributed by atoms with Crippen molar-refractivity contribution in [1.29, 1.82) is 0 Å². The first-order valence-corrected chi connectivity index (χ1v) is 10.9. The van der Waals surface area contributed by atoms with E-state index in [0.29, 0.717) is 5.75 Å². The summed E-state index contributed by atoms with van der Waals surface area (Å²) in [4.78, 5) is 11.8. The van der Waals surface area contributed by atoms with Crippen LogP contribution in [0, 0.1) is 0 Å². The molecule has 0 spiro atoms. The van der Waals surface area contributed by atoms with E-state index in [1.54, 1.807) is 18.3 Å². The van der Waals surface area contributed by atoms with Gasteiger partial charge in [0.1, 0.15) is 11.5 Å². The minimum absolute atomic E-state index is 0.0982. The van der Waals surface area contributed by atoms with Crippen LogP contribution in [0.3, 0.4) is 0 Å². The molecule has 5 nitrogen and oxygen atoms in total. The number of carbonyl (C=O) groups is 1. The van der Waals surface area contributed by atoms with Crippen LogP contribution in [0.1, 0.15) is 51.0 Å². The van der Waals surface area contributed by atoms with Gasteiger partial charge in [0, 0.05) is 4.47 Å². The zero-order valence-electron chi connectivity index (χ0n) is 16.9. The summed E-state index contributed by atoms with van der Waals surface area (Å²) < 4.78 is 12.1. The fourth-order valence-electron chi connectivity index (χ4n) is 2.64. The minimum atomic E-state index is -0.319. The number of hydrogen-bond donors (Lipinski definition) is 1. The fraction of sp³-hybridized carbons (Fsp3) is 0.391. The van der Waals surface area contributed by atoms with E-state index in [-0.39, 0.29) is 12.5 Å². The van der Waals surface area contributed by atoms with Crippen LogP contribution in [0.4, 0.5) is 0 Å². The van der Waals surface area contributed by atoms with Crippen LogP contribution in [0.15, 0.2) is 58.1 Å². The standard InChI is InChI=1S/C23H29BrN2O3/c1-2-3-4-5-6-7-15-28-21-13-11-19(12-14-21)17-25-26-23(27)18-29-22-10-8-9-20(24)16-22/h8-14,16-17H,2-7,15,18H2,1H3,(H,26,27)/b25-17-. The number of halogens is 1. The number of unbranched alkanes of at least 4 members (excludes halogenated alkanes) is 5. The Balaban J connectivity index is 1.63. The van der Waals surface area contributed by atoms with E-state index >= 15 is 0 Å². The van der Waals surface area contributed by atoms with E-state index in [1.165, 1.54) is 32.1 Å². The number of carbonyl (C=O) groups excluding carboxylic acids is 1. The van der Waals surface area contributed by atoms with Gasteiger partial charge in [-0.05, 0) is 54.4 Å². The summed E-state index contributed by atoms with van der Waals surface area (Å²) in [5.41, 5.74) is 3.34. The number of nitrogens with zero attached hydrogens (tertiary/aromatic N) is 1. The average molecular weight is 461 g/mol. The van der Waals surface area contributed by atoms with Crippen LogP contribution in [-0.2, 0) is 4.79 Å². The SMILES string of the molecule is CCCCCCCCOc1ccc(/C=N\NC(=O)COc2cccc(Br)c2)cc1. The topological polar surface area (TPSA) is 59.9 Å². The van der Waals surface area contributed by atoms with Crippen molar-refractivity contribution in [3.05, 3.63) is 58.6 Å². The Morgan fingerprint density at radius 2 is 1.76 bits per heavy atom. The van der Waals surface area contributed by atoms with Gasteiger partial charge in [0.25, 0.3) is 5.91 Å². The molecule has 1 N–H and O–H groups in total. The molecule has 0 aliphatic heterocycles. The highest BCUT2D eigenvalue weighted by Crippen LogP contribution is 2.17. The second-order valence-corrected chi connectivity index (χ2v) is 7.64. The zero-order chi connectivity index (χ0) is 20.7. The highest BCUT2D eigenvalue weighted by molar-refractivity contribution is 9.10. The molecule has 0 fully saturated rings. The van der Waals surface area contributed by atoms with E-state index in [2.05, 4.69) is 33.4 Å². The Bertz CT molecular complexity index is 763. The van der Waals surface area contributed by atoms with Crippen molar-refractivity contribution in [2.24, 2.45) is 5.10 Å². The minimum Gasteiger partial charge on any atom is -0.494 e. The molecule has 1 amide bonds. The van der Waals surface area contributed by atoms with Crippen molar-refractivity contribution in [3.8, 4) is 11.5 Å². The first-order chi connectivity index (χ1) is 14.2. The second kappa shape index (κ2) is 13.8. The summed E-state index contributed by atoms with van der Waals surface area (Å²) in [5.74, 6) is 1.15. The van der Waals surface area contributed by atoms with Crippen molar-refractivity contribution < 1.29 is 14.3 Å². The normalized spacial score (nSPS) is 10.8. The van der Waals surface area contributed by atoms with Gasteiger partial charge < -0.3 is 9.47 Å². The Morgan fingerprint density at radius 3 is 2.52 bits per heavy atom. The van der Waals surface area contributed by atoms with Crippen molar-refractivity contribution >= 4 is 28.1 Å². The number of rotatable bonds is 13. The Kier molecular flexibility index (Phi) is 10.9.